The second-order valence-electron chi connectivity index (χ2n) is 6.27. The van der Waals surface area contributed by atoms with Crippen LogP contribution in [-0.2, 0) is 12.2 Å². The van der Waals surface area contributed by atoms with Gasteiger partial charge in [-0.1, -0.05) is 42.0 Å². The van der Waals surface area contributed by atoms with Crippen molar-refractivity contribution in [1.82, 2.24) is 0 Å². The van der Waals surface area contributed by atoms with Gasteiger partial charge >= 0.3 is 6.11 Å². The number of rotatable bonds is 5. The normalized spacial score (nSPS) is 11.6. The zero-order valence-corrected chi connectivity index (χ0v) is 16.9. The molecule has 0 heterocycles. The molecule has 0 aliphatic carbocycles. The molecule has 0 fully saturated rings. The molecule has 0 aliphatic heterocycles. The molecule has 140 valence electrons. The molecule has 0 amide bonds. The average molecular weight is 390 g/mol. The van der Waals surface area contributed by atoms with Gasteiger partial charge < -0.3 is 4.74 Å². The maximum absolute atomic E-state index is 14.4. The first-order valence-corrected chi connectivity index (χ1v) is 9.94. The third kappa shape index (κ3) is 4.22. The predicted molar refractivity (Wildman–Crippen MR) is 101 cm³/mol. The Morgan fingerprint density at radius 1 is 0.852 bits per heavy atom. The Hall–Kier alpha value is -2.60. The van der Waals surface area contributed by atoms with E-state index in [4.69, 9.17) is 0 Å². The van der Waals surface area contributed by atoms with Crippen LogP contribution in [0.4, 0.5) is 17.6 Å². The Kier molecular flexibility index (Phi) is 5.37. The Balaban J connectivity index is 1.87. The molecule has 6 heteroatoms. The molecule has 3 rings (SSSR count). The predicted octanol–water partition coefficient (Wildman–Crippen LogP) is 4.93. The summed E-state index contributed by atoms with van der Waals surface area (Å²) in [6, 6.07) is 15.4. The lowest BCUT2D eigenvalue weighted by Crippen LogP contribution is -2.23. The molecule has 0 radical (unpaired) electrons. The van der Waals surface area contributed by atoms with Crippen LogP contribution in [0.25, 0.3) is 11.1 Å². The van der Waals surface area contributed by atoms with Crippen LogP contribution in [0.3, 0.4) is 0 Å². The van der Waals surface area contributed by atoms with Crippen LogP contribution in [0, 0.1) is 18.6 Å². The minimum absolute atomic E-state index is 0.303. The van der Waals surface area contributed by atoms with Crippen molar-refractivity contribution in [2.24, 2.45) is 0 Å². The van der Waals surface area contributed by atoms with Crippen LogP contribution < -0.4 is 4.74 Å². The lowest BCUT2D eigenvalue weighted by atomic mass is 10.0. The average Bonchev–Trinajstić information content (AvgIpc) is 2.64. The van der Waals surface area contributed by atoms with Crippen molar-refractivity contribution in [3.05, 3.63) is 89.0 Å². The fourth-order valence-corrected chi connectivity index (χ4v) is 3.18. The van der Waals surface area contributed by atoms with Crippen LogP contribution in [0.2, 0.25) is 0 Å². The third-order valence-electron chi connectivity index (χ3n) is 4.37. The summed E-state index contributed by atoms with van der Waals surface area (Å²) in [5.74, 6) is -2.13. The topological polar surface area (TPSA) is 9.23 Å². The zero-order valence-electron chi connectivity index (χ0n) is 14.9. The SMILES string of the molecule is Cc1ccc(OC(F)(F)c2ccc(-c3ccc(C[SiH3])cc3)cc2F)cc1F. The Labute approximate surface area is 158 Å². The second-order valence-corrected chi connectivity index (χ2v) is 6.98. The van der Waals surface area contributed by atoms with Gasteiger partial charge in [0.15, 0.2) is 0 Å². The lowest BCUT2D eigenvalue weighted by Gasteiger charge is -2.19. The molecule has 3 aromatic rings. The van der Waals surface area contributed by atoms with Crippen molar-refractivity contribution in [3.63, 3.8) is 0 Å². The maximum atomic E-state index is 14.4. The van der Waals surface area contributed by atoms with Crippen molar-refractivity contribution in [3.8, 4) is 16.9 Å². The minimum Gasteiger partial charge on any atom is -0.429 e. The summed E-state index contributed by atoms with van der Waals surface area (Å²) in [6.07, 6.45) is -3.93. The van der Waals surface area contributed by atoms with E-state index in [-0.39, 0.29) is 5.75 Å². The number of benzene rings is 3. The van der Waals surface area contributed by atoms with Gasteiger partial charge in [0.1, 0.15) is 17.4 Å². The summed E-state index contributed by atoms with van der Waals surface area (Å²) < 4.78 is 61.3. The molecular formula is C21H18F4OSi. The quantitative estimate of drug-likeness (QED) is 0.443. The first-order chi connectivity index (χ1) is 12.8. The fourth-order valence-electron chi connectivity index (χ4n) is 2.70. The molecule has 0 unspecified atom stereocenters. The van der Waals surface area contributed by atoms with E-state index in [1.54, 1.807) is 0 Å². The Bertz CT molecular complexity index is 955. The number of aryl methyl sites for hydroxylation is 1. The van der Waals surface area contributed by atoms with E-state index in [1.165, 1.54) is 30.7 Å². The molecule has 0 saturated heterocycles. The summed E-state index contributed by atoms with van der Waals surface area (Å²) in [5.41, 5.74) is 1.83. The van der Waals surface area contributed by atoms with Gasteiger partial charge in [0.05, 0.1) is 5.56 Å². The highest BCUT2D eigenvalue weighted by Crippen LogP contribution is 2.35. The van der Waals surface area contributed by atoms with Crippen molar-refractivity contribution >= 4 is 10.2 Å². The van der Waals surface area contributed by atoms with Crippen LogP contribution in [-0.4, -0.2) is 10.2 Å². The number of ether oxygens (including phenoxy) is 1. The van der Waals surface area contributed by atoms with Gasteiger partial charge in [-0.25, -0.2) is 8.78 Å². The van der Waals surface area contributed by atoms with Gasteiger partial charge in [0.2, 0.25) is 0 Å². The molecular weight excluding hydrogens is 372 g/mol. The van der Waals surface area contributed by atoms with Gasteiger partial charge in [-0.15, -0.1) is 0 Å². The van der Waals surface area contributed by atoms with E-state index < -0.39 is 23.3 Å². The van der Waals surface area contributed by atoms with Crippen LogP contribution in [0.5, 0.6) is 5.75 Å². The Morgan fingerprint density at radius 3 is 2.11 bits per heavy atom. The molecule has 0 saturated carbocycles. The van der Waals surface area contributed by atoms with Crippen LogP contribution in [0.15, 0.2) is 60.7 Å². The van der Waals surface area contributed by atoms with E-state index in [1.807, 2.05) is 24.3 Å². The smallest absolute Gasteiger partial charge is 0.429 e. The summed E-state index contributed by atoms with van der Waals surface area (Å²) in [5, 5.41) is 0. The van der Waals surface area contributed by atoms with Gasteiger partial charge in [-0.05, 0) is 47.9 Å². The van der Waals surface area contributed by atoms with Crippen molar-refractivity contribution in [2.45, 2.75) is 19.1 Å². The Morgan fingerprint density at radius 2 is 1.52 bits per heavy atom. The van der Waals surface area contributed by atoms with Crippen molar-refractivity contribution in [1.29, 1.82) is 0 Å². The van der Waals surface area contributed by atoms with Gasteiger partial charge in [0.25, 0.3) is 0 Å². The number of alkyl halides is 2. The standard InChI is InChI=1S/C21H18F4OSi/c1-13-2-8-17(11-19(13)22)26-21(24,25)18-9-7-16(10-20(18)23)15-5-3-14(12-27)4-6-15/h2-11H,12H2,1,27H3. The van der Waals surface area contributed by atoms with Crippen molar-refractivity contribution in [2.75, 3.05) is 0 Å². The van der Waals surface area contributed by atoms with E-state index >= 15 is 0 Å². The highest BCUT2D eigenvalue weighted by Gasteiger charge is 2.37. The van der Waals surface area contributed by atoms with Crippen molar-refractivity contribution < 1.29 is 22.3 Å². The molecule has 3 aromatic carbocycles. The first-order valence-electron chi connectivity index (χ1n) is 8.52. The molecule has 0 aromatic heterocycles. The largest absolute Gasteiger partial charge is 0.429 e. The van der Waals surface area contributed by atoms with Gasteiger partial charge in [-0.2, -0.15) is 8.78 Å². The minimum atomic E-state index is -3.93. The molecule has 0 aliphatic rings. The van der Waals surface area contributed by atoms with Gasteiger partial charge in [0, 0.05) is 16.3 Å². The van der Waals surface area contributed by atoms with Crippen LogP contribution >= 0.6 is 0 Å². The summed E-state index contributed by atoms with van der Waals surface area (Å²) in [7, 11) is 1.04. The molecule has 0 atom stereocenters. The lowest BCUT2D eigenvalue weighted by molar-refractivity contribution is -0.187. The molecule has 0 spiro atoms. The summed E-state index contributed by atoms with van der Waals surface area (Å²) in [6.45, 7) is 1.50. The summed E-state index contributed by atoms with van der Waals surface area (Å²) in [4.78, 5) is 0. The van der Waals surface area contributed by atoms with E-state index in [2.05, 4.69) is 4.74 Å². The van der Waals surface area contributed by atoms with E-state index in [9.17, 15) is 17.6 Å². The highest BCUT2D eigenvalue weighted by molar-refractivity contribution is 6.08. The number of hydrogen-bond donors (Lipinski definition) is 0. The monoisotopic (exact) mass is 390 g/mol. The summed E-state index contributed by atoms with van der Waals surface area (Å²) >= 11 is 0. The molecule has 0 bridgehead atoms. The molecule has 0 N–H and O–H groups in total. The first kappa shape index (κ1) is 19.2. The molecule has 27 heavy (non-hydrogen) atoms. The second kappa shape index (κ2) is 7.56. The number of hydrogen-bond acceptors (Lipinski definition) is 1. The third-order valence-corrected chi connectivity index (χ3v) is 5.18. The fraction of sp³-hybridized carbons (Fsp3) is 0.143. The highest BCUT2D eigenvalue weighted by atomic mass is 28.1. The molecule has 1 nitrogen and oxygen atoms in total. The number of halogens is 4. The maximum Gasteiger partial charge on any atom is 0.429 e. The van der Waals surface area contributed by atoms with Crippen LogP contribution in [0.1, 0.15) is 16.7 Å². The van der Waals surface area contributed by atoms with Gasteiger partial charge in [-0.3, -0.25) is 0 Å². The van der Waals surface area contributed by atoms with E-state index in [0.29, 0.717) is 11.1 Å². The van der Waals surface area contributed by atoms with E-state index in [0.717, 1.165) is 40.0 Å². The zero-order chi connectivity index (χ0) is 19.6.